The van der Waals surface area contributed by atoms with Gasteiger partial charge in [0, 0.05) is 26.2 Å². The van der Waals surface area contributed by atoms with Crippen LogP contribution >= 0.6 is 0 Å². The van der Waals surface area contributed by atoms with Crippen LogP contribution in [0.15, 0.2) is 0 Å². The van der Waals surface area contributed by atoms with Gasteiger partial charge >= 0.3 is 5.97 Å². The summed E-state index contributed by atoms with van der Waals surface area (Å²) in [4.78, 5) is 11.4. The number of rotatable bonds is 5. The minimum atomic E-state index is -1.38. The molecule has 0 aliphatic carbocycles. The first-order valence-electron chi connectivity index (χ1n) is 11.1. The van der Waals surface area contributed by atoms with Crippen LogP contribution in [0.25, 0.3) is 0 Å². The molecule has 3 saturated heterocycles. The van der Waals surface area contributed by atoms with E-state index in [1.165, 1.54) is 6.92 Å². The van der Waals surface area contributed by atoms with Crippen molar-refractivity contribution in [3.63, 3.8) is 0 Å². The molecule has 0 aromatic carbocycles. The van der Waals surface area contributed by atoms with E-state index in [0.29, 0.717) is 0 Å². The molecule has 3 rings (SSSR count). The molecule has 3 heterocycles. The third-order valence-electron chi connectivity index (χ3n) is 6.25. The van der Waals surface area contributed by atoms with Gasteiger partial charge in [0.1, 0.15) is 17.8 Å². The first kappa shape index (κ1) is 25.7. The normalized spacial score (nSPS) is 50.1. The smallest absolute Gasteiger partial charge is 0.303 e. The highest BCUT2D eigenvalue weighted by Crippen LogP contribution is 2.35. The van der Waals surface area contributed by atoms with Crippen molar-refractivity contribution in [2.24, 2.45) is 0 Å². The highest BCUT2D eigenvalue weighted by molar-refractivity contribution is 5.66. The molecular weight excluding hydrogens is 428 g/mol. The Balaban J connectivity index is 1.62. The fraction of sp³-hybridized carbons (Fsp3) is 0.952. The van der Waals surface area contributed by atoms with Crippen LogP contribution in [0.1, 0.15) is 53.9 Å². The summed E-state index contributed by atoms with van der Waals surface area (Å²) in [6, 6.07) is 0. The van der Waals surface area contributed by atoms with Crippen LogP contribution in [0, 0.1) is 0 Å². The second-order valence-electron chi connectivity index (χ2n) is 9.23. The van der Waals surface area contributed by atoms with Crippen molar-refractivity contribution in [2.75, 3.05) is 0 Å². The Kier molecular flexibility index (Phi) is 8.17. The fourth-order valence-corrected chi connectivity index (χ4v) is 4.58. The Morgan fingerprint density at radius 2 is 1.41 bits per heavy atom. The van der Waals surface area contributed by atoms with Gasteiger partial charge < -0.3 is 48.8 Å². The topological polar surface area (TPSA) is 153 Å². The van der Waals surface area contributed by atoms with E-state index in [9.17, 15) is 25.2 Å². The Hall–Kier alpha value is -0.890. The lowest BCUT2D eigenvalue weighted by molar-refractivity contribution is -0.331. The van der Waals surface area contributed by atoms with Crippen molar-refractivity contribution in [2.45, 2.75) is 127 Å². The molecule has 11 heteroatoms. The average Bonchev–Trinajstić information content (AvgIpc) is 2.66. The number of hydrogen-bond acceptors (Lipinski definition) is 11. The molecule has 11 nitrogen and oxygen atoms in total. The third kappa shape index (κ3) is 5.96. The molecule has 3 aliphatic heterocycles. The Morgan fingerprint density at radius 3 is 2.00 bits per heavy atom. The maximum absolute atomic E-state index is 11.4. The van der Waals surface area contributed by atoms with Crippen LogP contribution in [-0.4, -0.2) is 99.7 Å². The van der Waals surface area contributed by atoms with Crippen LogP contribution < -0.4 is 0 Å². The van der Waals surface area contributed by atoms with Crippen molar-refractivity contribution in [3.8, 4) is 0 Å². The number of aliphatic hydroxyl groups excluding tert-OH is 3. The van der Waals surface area contributed by atoms with E-state index >= 15 is 0 Å². The standard InChI is InChI=1S/C21H36O11/c1-9-18(24)13(6-15(23)27-9)31-16-7-14(19(25)10(2)28-16)32-17-8-21(5,26)20(11(3)29-17)30-12(4)22/h9-11,13-20,23-26H,6-8H2,1-5H3/t9-,10-,11+,13+,14+,15-,16+,17+,18-,19-,20+,21+/m1/s1. The fourth-order valence-electron chi connectivity index (χ4n) is 4.58. The highest BCUT2D eigenvalue weighted by Gasteiger charge is 2.49. The van der Waals surface area contributed by atoms with E-state index in [-0.39, 0.29) is 19.3 Å². The molecule has 186 valence electrons. The number of hydrogen-bond donors (Lipinski definition) is 4. The Morgan fingerprint density at radius 1 is 0.875 bits per heavy atom. The first-order chi connectivity index (χ1) is 14.9. The van der Waals surface area contributed by atoms with E-state index < -0.39 is 79.3 Å². The molecule has 3 aliphatic rings. The van der Waals surface area contributed by atoms with E-state index in [4.69, 9.17) is 28.4 Å². The zero-order valence-corrected chi connectivity index (χ0v) is 19.1. The number of carbonyl (C=O) groups excluding carboxylic acids is 1. The van der Waals surface area contributed by atoms with Gasteiger partial charge in [-0.2, -0.15) is 0 Å². The second kappa shape index (κ2) is 10.2. The van der Waals surface area contributed by atoms with Crippen LogP contribution in [0.5, 0.6) is 0 Å². The monoisotopic (exact) mass is 464 g/mol. The van der Waals surface area contributed by atoms with Gasteiger partial charge in [0.25, 0.3) is 0 Å². The minimum Gasteiger partial charge on any atom is -0.457 e. The minimum absolute atomic E-state index is 0.0294. The Labute approximate surface area is 187 Å². The largest absolute Gasteiger partial charge is 0.457 e. The van der Waals surface area contributed by atoms with Gasteiger partial charge in [-0.25, -0.2) is 0 Å². The van der Waals surface area contributed by atoms with Gasteiger partial charge in [-0.15, -0.1) is 0 Å². The lowest BCUT2D eigenvalue weighted by atomic mass is 9.88. The third-order valence-corrected chi connectivity index (χ3v) is 6.25. The van der Waals surface area contributed by atoms with Crippen molar-refractivity contribution in [1.82, 2.24) is 0 Å². The lowest BCUT2D eigenvalue weighted by Crippen LogP contribution is -2.59. The summed E-state index contributed by atoms with van der Waals surface area (Å²) in [6.07, 6.45) is -8.54. The summed E-state index contributed by atoms with van der Waals surface area (Å²) in [7, 11) is 0. The van der Waals surface area contributed by atoms with Crippen LogP contribution in [-0.2, 0) is 33.2 Å². The summed E-state index contributed by atoms with van der Waals surface area (Å²) in [5.74, 6) is -0.520. The molecule has 0 bridgehead atoms. The van der Waals surface area contributed by atoms with Crippen LogP contribution in [0.4, 0.5) is 0 Å². The molecule has 0 unspecified atom stereocenters. The molecule has 0 radical (unpaired) electrons. The number of ether oxygens (including phenoxy) is 6. The van der Waals surface area contributed by atoms with Gasteiger partial charge in [0.05, 0.1) is 30.5 Å². The van der Waals surface area contributed by atoms with E-state index in [1.54, 1.807) is 27.7 Å². The summed E-state index contributed by atoms with van der Waals surface area (Å²) in [5.41, 5.74) is -1.38. The summed E-state index contributed by atoms with van der Waals surface area (Å²) in [5, 5.41) is 41.5. The molecule has 0 saturated carbocycles. The summed E-state index contributed by atoms with van der Waals surface area (Å²) < 4.78 is 33.8. The molecule has 0 aromatic rings. The summed E-state index contributed by atoms with van der Waals surface area (Å²) >= 11 is 0. The maximum Gasteiger partial charge on any atom is 0.303 e. The molecule has 0 amide bonds. The zero-order valence-electron chi connectivity index (χ0n) is 19.1. The first-order valence-corrected chi connectivity index (χ1v) is 11.1. The van der Waals surface area contributed by atoms with Crippen molar-refractivity contribution in [3.05, 3.63) is 0 Å². The molecule has 3 fully saturated rings. The SMILES string of the molecule is CC(=O)O[C@H]1[C@H](C)O[C@@H](O[C@H]2C[C@H](O[C@H]3C[C@H](O)O[C@H](C)[C@H]3O)O[C@H](C)[C@H]2O)C[C@]1(C)O. The molecular formula is C21H36O11. The number of aliphatic hydroxyl groups is 4. The average molecular weight is 465 g/mol. The summed E-state index contributed by atoms with van der Waals surface area (Å²) in [6.45, 7) is 7.79. The van der Waals surface area contributed by atoms with Gasteiger partial charge in [-0.05, 0) is 27.7 Å². The predicted octanol–water partition coefficient (Wildman–Crippen LogP) is -0.442. The molecule has 12 atom stereocenters. The number of esters is 1. The quantitative estimate of drug-likeness (QED) is 0.392. The van der Waals surface area contributed by atoms with Gasteiger partial charge in [0.15, 0.2) is 25.0 Å². The van der Waals surface area contributed by atoms with Gasteiger partial charge in [-0.1, -0.05) is 0 Å². The Bertz CT molecular complexity index is 643. The molecule has 0 spiro atoms. The predicted molar refractivity (Wildman–Crippen MR) is 107 cm³/mol. The van der Waals surface area contributed by atoms with E-state index in [1.807, 2.05) is 0 Å². The molecule has 4 N–H and O–H groups in total. The van der Waals surface area contributed by atoms with Crippen molar-refractivity contribution >= 4 is 5.97 Å². The van der Waals surface area contributed by atoms with Crippen LogP contribution in [0.3, 0.4) is 0 Å². The van der Waals surface area contributed by atoms with Gasteiger partial charge in [0.2, 0.25) is 0 Å². The molecule has 0 aromatic heterocycles. The zero-order chi connectivity index (χ0) is 23.8. The van der Waals surface area contributed by atoms with Crippen LogP contribution in [0.2, 0.25) is 0 Å². The van der Waals surface area contributed by atoms with E-state index in [0.717, 1.165) is 0 Å². The maximum atomic E-state index is 11.4. The molecule has 32 heavy (non-hydrogen) atoms. The second-order valence-corrected chi connectivity index (χ2v) is 9.23. The lowest BCUT2D eigenvalue weighted by Gasteiger charge is -2.46. The van der Waals surface area contributed by atoms with Crippen molar-refractivity contribution in [1.29, 1.82) is 0 Å². The van der Waals surface area contributed by atoms with E-state index in [2.05, 4.69) is 0 Å². The highest BCUT2D eigenvalue weighted by atomic mass is 16.7. The number of carbonyl (C=O) groups is 1. The van der Waals surface area contributed by atoms with Crippen molar-refractivity contribution < 1.29 is 53.6 Å². The van der Waals surface area contributed by atoms with Gasteiger partial charge in [-0.3, -0.25) is 4.79 Å².